The van der Waals surface area contributed by atoms with Gasteiger partial charge in [0.2, 0.25) is 0 Å². The van der Waals surface area contributed by atoms with E-state index in [0.29, 0.717) is 11.5 Å². The fourth-order valence-corrected chi connectivity index (χ4v) is 3.14. The van der Waals surface area contributed by atoms with E-state index in [1.165, 1.54) is 0 Å². The van der Waals surface area contributed by atoms with Crippen LogP contribution >= 0.6 is 12.2 Å². The maximum Gasteiger partial charge on any atom is 0.251 e. The standard InChI is InChI=1S/C15H17N3OS/c1-9(2)18-14(19)13(17-15(18)20)7-10-8-16-12-6-4-3-5-11(10)12/h3-6,8-9,13,16H,7H2,1-2H3,(H,17,20)/t13-/m0/s1. The minimum absolute atomic E-state index is 0.0651. The van der Waals surface area contributed by atoms with Crippen LogP contribution in [0, 0.1) is 0 Å². The maximum absolute atomic E-state index is 12.4. The van der Waals surface area contributed by atoms with Crippen molar-refractivity contribution < 1.29 is 4.79 Å². The first-order chi connectivity index (χ1) is 9.58. The molecule has 5 heteroatoms. The van der Waals surface area contributed by atoms with Crippen molar-refractivity contribution >= 4 is 34.1 Å². The highest BCUT2D eigenvalue weighted by Gasteiger charge is 2.36. The summed E-state index contributed by atoms with van der Waals surface area (Å²) in [4.78, 5) is 17.3. The highest BCUT2D eigenvalue weighted by Crippen LogP contribution is 2.21. The van der Waals surface area contributed by atoms with E-state index in [9.17, 15) is 4.79 Å². The minimum Gasteiger partial charge on any atom is -0.361 e. The third-order valence-electron chi connectivity index (χ3n) is 3.67. The van der Waals surface area contributed by atoms with Gasteiger partial charge in [-0.3, -0.25) is 9.69 Å². The normalized spacial score (nSPS) is 19.1. The van der Waals surface area contributed by atoms with E-state index in [-0.39, 0.29) is 18.0 Å². The van der Waals surface area contributed by atoms with Crippen molar-refractivity contribution in [3.05, 3.63) is 36.0 Å². The molecule has 3 rings (SSSR count). The number of nitrogens with one attached hydrogen (secondary N) is 2. The number of fused-ring (bicyclic) bond motifs is 1. The van der Waals surface area contributed by atoms with Gasteiger partial charge in [0.25, 0.3) is 5.91 Å². The van der Waals surface area contributed by atoms with E-state index < -0.39 is 0 Å². The Kier molecular flexibility index (Phi) is 3.22. The molecule has 0 bridgehead atoms. The van der Waals surface area contributed by atoms with Gasteiger partial charge in [0, 0.05) is 29.6 Å². The Bertz CT molecular complexity index is 677. The van der Waals surface area contributed by atoms with Gasteiger partial charge in [0.1, 0.15) is 6.04 Å². The van der Waals surface area contributed by atoms with Crippen LogP contribution in [0.4, 0.5) is 0 Å². The van der Waals surface area contributed by atoms with Crippen LogP contribution in [0.2, 0.25) is 0 Å². The smallest absolute Gasteiger partial charge is 0.251 e. The number of nitrogens with zero attached hydrogens (tertiary/aromatic N) is 1. The molecule has 1 amide bonds. The SMILES string of the molecule is CC(C)N1C(=O)[C@H](Cc2c[nH]c3ccccc23)NC1=S. The Hall–Kier alpha value is -1.88. The molecule has 1 atom stereocenters. The first kappa shape index (κ1) is 13.1. The molecule has 2 heterocycles. The van der Waals surface area contributed by atoms with Crippen molar-refractivity contribution in [2.45, 2.75) is 32.4 Å². The van der Waals surface area contributed by atoms with Crippen LogP contribution in [0.5, 0.6) is 0 Å². The summed E-state index contributed by atoms with van der Waals surface area (Å²) in [5, 5.41) is 4.83. The number of benzene rings is 1. The first-order valence-electron chi connectivity index (χ1n) is 6.76. The highest BCUT2D eigenvalue weighted by molar-refractivity contribution is 7.80. The number of hydrogen-bond donors (Lipinski definition) is 2. The quantitative estimate of drug-likeness (QED) is 0.851. The summed E-state index contributed by atoms with van der Waals surface area (Å²) < 4.78 is 0. The molecule has 1 fully saturated rings. The van der Waals surface area contributed by atoms with Crippen LogP contribution in [0.1, 0.15) is 19.4 Å². The number of hydrogen-bond acceptors (Lipinski definition) is 2. The van der Waals surface area contributed by atoms with Gasteiger partial charge in [0.15, 0.2) is 5.11 Å². The Morgan fingerprint density at radius 1 is 1.35 bits per heavy atom. The third-order valence-corrected chi connectivity index (χ3v) is 3.98. The molecule has 0 aliphatic carbocycles. The second kappa shape index (κ2) is 4.90. The number of para-hydroxylation sites is 1. The molecular weight excluding hydrogens is 270 g/mol. The summed E-state index contributed by atoms with van der Waals surface area (Å²) >= 11 is 5.25. The predicted molar refractivity (Wildman–Crippen MR) is 83.5 cm³/mol. The summed E-state index contributed by atoms with van der Waals surface area (Å²) in [5.41, 5.74) is 2.23. The van der Waals surface area contributed by atoms with Crippen LogP contribution < -0.4 is 5.32 Å². The van der Waals surface area contributed by atoms with Gasteiger partial charge in [-0.2, -0.15) is 0 Å². The lowest BCUT2D eigenvalue weighted by Gasteiger charge is -2.18. The fourth-order valence-electron chi connectivity index (χ4n) is 2.70. The molecule has 1 aromatic heterocycles. The van der Waals surface area contributed by atoms with E-state index in [1.807, 2.05) is 38.2 Å². The first-order valence-corrected chi connectivity index (χ1v) is 7.17. The van der Waals surface area contributed by atoms with Gasteiger partial charge >= 0.3 is 0 Å². The molecule has 0 unspecified atom stereocenters. The van der Waals surface area contributed by atoms with E-state index in [1.54, 1.807) is 4.90 Å². The average molecular weight is 287 g/mol. The molecule has 1 saturated heterocycles. The van der Waals surface area contributed by atoms with Gasteiger partial charge in [-0.1, -0.05) is 18.2 Å². The van der Waals surface area contributed by atoms with Crippen molar-refractivity contribution in [1.29, 1.82) is 0 Å². The van der Waals surface area contributed by atoms with Gasteiger partial charge in [-0.25, -0.2) is 0 Å². The molecule has 2 aromatic rings. The van der Waals surface area contributed by atoms with Gasteiger partial charge < -0.3 is 10.3 Å². The Balaban J connectivity index is 1.85. The lowest BCUT2D eigenvalue weighted by atomic mass is 10.0. The Labute approximate surface area is 123 Å². The summed E-state index contributed by atoms with van der Waals surface area (Å²) in [7, 11) is 0. The summed E-state index contributed by atoms with van der Waals surface area (Å²) in [6.07, 6.45) is 2.62. The number of carbonyl (C=O) groups is 1. The average Bonchev–Trinajstić information content (AvgIpc) is 2.93. The van der Waals surface area contributed by atoms with Crippen LogP contribution in [0.15, 0.2) is 30.5 Å². The van der Waals surface area contributed by atoms with Crippen molar-refractivity contribution in [3.8, 4) is 0 Å². The summed E-state index contributed by atoms with van der Waals surface area (Å²) in [6, 6.07) is 7.94. The number of carbonyl (C=O) groups excluding carboxylic acids is 1. The number of thiocarbonyl (C=S) groups is 1. The summed E-state index contributed by atoms with van der Waals surface area (Å²) in [6.45, 7) is 3.94. The number of amides is 1. The zero-order chi connectivity index (χ0) is 14.3. The predicted octanol–water partition coefficient (Wildman–Crippen LogP) is 2.20. The van der Waals surface area contributed by atoms with Crippen LogP contribution in [0.3, 0.4) is 0 Å². The maximum atomic E-state index is 12.4. The lowest BCUT2D eigenvalue weighted by molar-refractivity contribution is -0.128. The van der Waals surface area contributed by atoms with Crippen molar-refractivity contribution in [1.82, 2.24) is 15.2 Å². The Morgan fingerprint density at radius 2 is 2.10 bits per heavy atom. The molecule has 1 aliphatic heterocycles. The topological polar surface area (TPSA) is 48.1 Å². The van der Waals surface area contributed by atoms with Crippen molar-refractivity contribution in [2.24, 2.45) is 0 Å². The van der Waals surface area contributed by atoms with E-state index in [0.717, 1.165) is 16.5 Å². The zero-order valence-corrected chi connectivity index (χ0v) is 12.3. The number of aromatic nitrogens is 1. The minimum atomic E-state index is -0.260. The molecule has 104 valence electrons. The van der Waals surface area contributed by atoms with Gasteiger partial charge in [-0.05, 0) is 37.7 Å². The number of aromatic amines is 1. The zero-order valence-electron chi connectivity index (χ0n) is 11.5. The molecule has 0 saturated carbocycles. The van der Waals surface area contributed by atoms with Crippen LogP contribution in [-0.4, -0.2) is 33.0 Å². The van der Waals surface area contributed by atoms with E-state index >= 15 is 0 Å². The molecular formula is C15H17N3OS. The number of rotatable bonds is 3. The monoisotopic (exact) mass is 287 g/mol. The highest BCUT2D eigenvalue weighted by atomic mass is 32.1. The molecule has 1 aliphatic rings. The molecule has 1 aromatic carbocycles. The van der Waals surface area contributed by atoms with E-state index in [4.69, 9.17) is 12.2 Å². The Morgan fingerprint density at radius 3 is 2.80 bits per heavy atom. The van der Waals surface area contributed by atoms with Crippen LogP contribution in [-0.2, 0) is 11.2 Å². The van der Waals surface area contributed by atoms with E-state index in [2.05, 4.69) is 16.4 Å². The third kappa shape index (κ3) is 2.08. The fraction of sp³-hybridized carbons (Fsp3) is 0.333. The molecule has 0 spiro atoms. The second-order valence-corrected chi connectivity index (χ2v) is 5.75. The summed E-state index contributed by atoms with van der Waals surface area (Å²) in [5.74, 6) is 0.0651. The van der Waals surface area contributed by atoms with Crippen molar-refractivity contribution in [2.75, 3.05) is 0 Å². The molecule has 2 N–H and O–H groups in total. The van der Waals surface area contributed by atoms with Crippen LogP contribution in [0.25, 0.3) is 10.9 Å². The molecule has 4 nitrogen and oxygen atoms in total. The lowest BCUT2D eigenvalue weighted by Crippen LogP contribution is -2.37. The molecule has 20 heavy (non-hydrogen) atoms. The largest absolute Gasteiger partial charge is 0.361 e. The van der Waals surface area contributed by atoms with Gasteiger partial charge in [-0.15, -0.1) is 0 Å². The molecule has 0 radical (unpaired) electrons. The second-order valence-electron chi connectivity index (χ2n) is 5.37. The van der Waals surface area contributed by atoms with Crippen molar-refractivity contribution in [3.63, 3.8) is 0 Å². The number of H-pyrrole nitrogens is 1. The van der Waals surface area contributed by atoms with Gasteiger partial charge in [0.05, 0.1) is 0 Å².